The van der Waals surface area contributed by atoms with Gasteiger partial charge in [0.2, 0.25) is 4.77 Å². The van der Waals surface area contributed by atoms with Crippen LogP contribution in [0.3, 0.4) is 0 Å². The molecule has 16 heavy (non-hydrogen) atoms. The second-order valence-electron chi connectivity index (χ2n) is 3.28. The molecular weight excluding hydrogens is 224 g/mol. The minimum atomic E-state index is 0.469. The molecule has 0 radical (unpaired) electrons. The molecule has 0 amide bonds. The topological polar surface area (TPSA) is 63.8 Å². The lowest BCUT2D eigenvalue weighted by Gasteiger charge is -1.89. The fraction of sp³-hybridized carbons (Fsp3) is 0.333. The van der Waals surface area contributed by atoms with Gasteiger partial charge in [0.25, 0.3) is 0 Å². The first-order chi connectivity index (χ1) is 7.70. The van der Waals surface area contributed by atoms with E-state index in [-0.39, 0.29) is 0 Å². The second-order valence-corrected chi connectivity index (χ2v) is 3.66. The van der Waals surface area contributed by atoms with Gasteiger partial charge in [-0.1, -0.05) is 0 Å². The molecule has 0 bridgehead atoms. The van der Waals surface area contributed by atoms with Gasteiger partial charge in [-0.05, 0) is 26.1 Å². The van der Waals surface area contributed by atoms with Crippen LogP contribution in [0.25, 0.3) is 0 Å². The van der Waals surface area contributed by atoms with Crippen LogP contribution in [0.15, 0.2) is 17.6 Å². The number of aromatic nitrogens is 5. The number of nitrogens with zero attached hydrogens (tertiary/aromatic N) is 5. The summed E-state index contributed by atoms with van der Waals surface area (Å²) in [5, 5.41) is 14.9. The smallest absolute Gasteiger partial charge is 0.216 e. The van der Waals surface area contributed by atoms with Crippen LogP contribution < -0.4 is 0 Å². The van der Waals surface area contributed by atoms with Crippen LogP contribution >= 0.6 is 12.2 Å². The van der Waals surface area contributed by atoms with Crippen LogP contribution in [0.4, 0.5) is 0 Å². The summed E-state index contributed by atoms with van der Waals surface area (Å²) < 4.78 is 3.83. The molecule has 0 saturated heterocycles. The largest absolute Gasteiger partial charge is 0.272 e. The summed E-state index contributed by atoms with van der Waals surface area (Å²) in [5.74, 6) is 0. The van der Waals surface area contributed by atoms with Crippen molar-refractivity contribution >= 4 is 18.4 Å². The van der Waals surface area contributed by atoms with Gasteiger partial charge in [-0.15, -0.1) is 0 Å². The maximum Gasteiger partial charge on any atom is 0.216 e. The van der Waals surface area contributed by atoms with E-state index in [1.165, 1.54) is 11.0 Å². The molecule has 2 aromatic heterocycles. The lowest BCUT2D eigenvalue weighted by molar-refractivity contribution is 0.653. The monoisotopic (exact) mass is 236 g/mol. The van der Waals surface area contributed by atoms with E-state index in [2.05, 4.69) is 20.4 Å². The van der Waals surface area contributed by atoms with Gasteiger partial charge < -0.3 is 0 Å². The van der Waals surface area contributed by atoms with Crippen molar-refractivity contribution in [3.05, 3.63) is 28.6 Å². The molecule has 6 nitrogen and oxygen atoms in total. The Bertz CT molecular complexity index is 561. The molecule has 2 heterocycles. The Morgan fingerprint density at radius 2 is 2.44 bits per heavy atom. The molecule has 0 unspecified atom stereocenters. The Morgan fingerprint density at radius 3 is 3.00 bits per heavy atom. The molecule has 2 rings (SSSR count). The normalized spacial score (nSPS) is 11.4. The summed E-state index contributed by atoms with van der Waals surface area (Å²) in [6.07, 6.45) is 5.20. The SMILES string of the molecule is CCn1cc(/C=N/n2cn[nH]c2=S)c(C)n1. The van der Waals surface area contributed by atoms with Gasteiger partial charge >= 0.3 is 0 Å². The van der Waals surface area contributed by atoms with Crippen molar-refractivity contribution in [1.29, 1.82) is 0 Å². The van der Waals surface area contributed by atoms with E-state index in [0.717, 1.165) is 17.8 Å². The van der Waals surface area contributed by atoms with Crippen molar-refractivity contribution in [3.8, 4) is 0 Å². The molecule has 7 heteroatoms. The molecule has 0 atom stereocenters. The molecule has 1 N–H and O–H groups in total. The van der Waals surface area contributed by atoms with Crippen LogP contribution in [0, 0.1) is 11.7 Å². The molecule has 84 valence electrons. The Balaban J connectivity index is 2.27. The van der Waals surface area contributed by atoms with E-state index in [9.17, 15) is 0 Å². The van der Waals surface area contributed by atoms with Crippen LogP contribution in [-0.2, 0) is 6.54 Å². The third kappa shape index (κ3) is 2.08. The predicted molar refractivity (Wildman–Crippen MR) is 63.0 cm³/mol. The zero-order valence-corrected chi connectivity index (χ0v) is 9.90. The molecule has 0 saturated carbocycles. The van der Waals surface area contributed by atoms with E-state index < -0.39 is 0 Å². The Morgan fingerprint density at radius 1 is 1.62 bits per heavy atom. The van der Waals surface area contributed by atoms with Gasteiger partial charge in [-0.2, -0.15) is 20.0 Å². The number of hydrogen-bond acceptors (Lipinski definition) is 4. The van der Waals surface area contributed by atoms with Crippen molar-refractivity contribution in [2.75, 3.05) is 0 Å². The highest BCUT2D eigenvalue weighted by molar-refractivity contribution is 7.71. The van der Waals surface area contributed by atoms with Crippen molar-refractivity contribution < 1.29 is 0 Å². The number of rotatable bonds is 3. The van der Waals surface area contributed by atoms with E-state index in [1.54, 1.807) is 6.21 Å². The molecule has 0 spiro atoms. The predicted octanol–water partition coefficient (Wildman–Crippen LogP) is 1.35. The average Bonchev–Trinajstić information content (AvgIpc) is 2.82. The lowest BCUT2D eigenvalue weighted by atomic mass is 10.3. The van der Waals surface area contributed by atoms with Crippen molar-refractivity contribution in [3.63, 3.8) is 0 Å². The summed E-state index contributed by atoms with van der Waals surface area (Å²) in [6, 6.07) is 0. The van der Waals surface area contributed by atoms with Crippen LogP contribution in [0.2, 0.25) is 0 Å². The summed E-state index contributed by atoms with van der Waals surface area (Å²) in [6.45, 7) is 4.83. The molecule has 0 aromatic carbocycles. The Labute approximate surface area is 97.6 Å². The number of hydrogen-bond donors (Lipinski definition) is 1. The number of nitrogens with one attached hydrogen (secondary N) is 1. The van der Waals surface area contributed by atoms with Gasteiger partial charge in [-0.25, -0.2) is 0 Å². The molecule has 0 aliphatic rings. The standard InChI is InChI=1S/C9H12N6S/c1-3-14-5-8(7(2)13-14)4-11-15-6-10-12-9(15)16/h4-6H,3H2,1-2H3,(H,12,16)/b11-4+. The zero-order chi connectivity index (χ0) is 11.5. The van der Waals surface area contributed by atoms with Crippen molar-refractivity contribution in [1.82, 2.24) is 24.7 Å². The summed E-state index contributed by atoms with van der Waals surface area (Å²) in [4.78, 5) is 0. The van der Waals surface area contributed by atoms with Gasteiger partial charge in [0, 0.05) is 18.3 Å². The Hall–Kier alpha value is -1.76. The Kier molecular flexibility index (Phi) is 2.95. The van der Waals surface area contributed by atoms with Crippen molar-refractivity contribution in [2.45, 2.75) is 20.4 Å². The van der Waals surface area contributed by atoms with Crippen LogP contribution in [0.5, 0.6) is 0 Å². The highest BCUT2D eigenvalue weighted by Crippen LogP contribution is 2.02. The first-order valence-electron chi connectivity index (χ1n) is 4.91. The van der Waals surface area contributed by atoms with Crippen LogP contribution in [0.1, 0.15) is 18.2 Å². The molecular formula is C9H12N6S. The van der Waals surface area contributed by atoms with Gasteiger partial charge in [-0.3, -0.25) is 9.78 Å². The van der Waals surface area contributed by atoms with Crippen LogP contribution in [-0.4, -0.2) is 30.9 Å². The third-order valence-electron chi connectivity index (χ3n) is 2.16. The van der Waals surface area contributed by atoms with E-state index >= 15 is 0 Å². The zero-order valence-electron chi connectivity index (χ0n) is 9.08. The summed E-state index contributed by atoms with van der Waals surface area (Å²) >= 11 is 4.97. The third-order valence-corrected chi connectivity index (χ3v) is 2.44. The molecule has 2 aromatic rings. The van der Waals surface area contributed by atoms with Gasteiger partial charge in [0.1, 0.15) is 6.33 Å². The highest BCUT2D eigenvalue weighted by atomic mass is 32.1. The fourth-order valence-electron chi connectivity index (χ4n) is 1.27. The second kappa shape index (κ2) is 4.40. The van der Waals surface area contributed by atoms with Gasteiger partial charge in [0.05, 0.1) is 11.9 Å². The highest BCUT2D eigenvalue weighted by Gasteiger charge is 2.00. The first-order valence-corrected chi connectivity index (χ1v) is 5.32. The molecule has 0 aliphatic heterocycles. The van der Waals surface area contributed by atoms with E-state index in [1.807, 2.05) is 24.7 Å². The minimum Gasteiger partial charge on any atom is -0.272 e. The minimum absolute atomic E-state index is 0.469. The number of H-pyrrole nitrogens is 1. The first kappa shape index (κ1) is 10.7. The maximum atomic E-state index is 4.97. The lowest BCUT2D eigenvalue weighted by Crippen LogP contribution is -1.93. The number of aromatic amines is 1. The maximum absolute atomic E-state index is 4.97. The van der Waals surface area contributed by atoms with E-state index in [0.29, 0.717) is 4.77 Å². The quantitative estimate of drug-likeness (QED) is 0.646. The van der Waals surface area contributed by atoms with Gasteiger partial charge in [0.15, 0.2) is 0 Å². The number of aryl methyl sites for hydroxylation is 2. The summed E-state index contributed by atoms with van der Waals surface area (Å²) in [5.41, 5.74) is 1.92. The van der Waals surface area contributed by atoms with E-state index in [4.69, 9.17) is 12.2 Å². The fourth-order valence-corrected chi connectivity index (χ4v) is 1.42. The molecule has 0 fully saturated rings. The summed E-state index contributed by atoms with van der Waals surface area (Å²) in [7, 11) is 0. The molecule has 0 aliphatic carbocycles. The average molecular weight is 236 g/mol. The van der Waals surface area contributed by atoms with Crippen molar-refractivity contribution in [2.24, 2.45) is 5.10 Å².